The fraction of sp³-hybridized carbons (Fsp3) is 0.273. The number of nitrogens with zero attached hydrogens (tertiary/aromatic N) is 2. The minimum Gasteiger partial charge on any atom is -0.192 e. The van der Waals surface area contributed by atoms with Crippen LogP contribution in [0.3, 0.4) is 0 Å². The van der Waals surface area contributed by atoms with Gasteiger partial charge in [-0.2, -0.15) is 10.5 Å². The van der Waals surface area contributed by atoms with Crippen LogP contribution in [0.4, 0.5) is 0 Å². The molecule has 0 spiro atoms. The van der Waals surface area contributed by atoms with Crippen molar-refractivity contribution in [2.75, 3.05) is 0 Å². The summed E-state index contributed by atoms with van der Waals surface area (Å²) in [5, 5.41) is 17.6. The maximum Gasteiger partial charge on any atom is 0.101 e. The molecule has 2 heteroatoms. The first-order valence-electron chi connectivity index (χ1n) is 4.31. The summed E-state index contributed by atoms with van der Waals surface area (Å²) in [5.74, 6) is 0. The maximum absolute atomic E-state index is 8.78. The van der Waals surface area contributed by atoms with Crippen LogP contribution in [0.5, 0.6) is 0 Å². The van der Waals surface area contributed by atoms with Gasteiger partial charge >= 0.3 is 0 Å². The smallest absolute Gasteiger partial charge is 0.101 e. The number of fused-ring (bicyclic) bond motifs is 1. The summed E-state index contributed by atoms with van der Waals surface area (Å²) in [5.41, 5.74) is 3.53. The Morgan fingerprint density at radius 1 is 0.923 bits per heavy atom. The summed E-state index contributed by atoms with van der Waals surface area (Å²) in [7, 11) is 0. The number of nitriles is 2. The number of rotatable bonds is 0. The lowest BCUT2D eigenvalue weighted by atomic mass is 10.0. The molecule has 62 valence electrons. The monoisotopic (exact) mass is 168 g/mol. The van der Waals surface area contributed by atoms with Crippen molar-refractivity contribution in [3.05, 3.63) is 34.4 Å². The Labute approximate surface area is 77.0 Å². The molecule has 0 aromatic heterocycles. The second-order valence-corrected chi connectivity index (χ2v) is 3.24. The minimum atomic E-state index is 0.517. The van der Waals surface area contributed by atoms with E-state index in [1.165, 1.54) is 11.1 Å². The summed E-state index contributed by atoms with van der Waals surface area (Å²) < 4.78 is 0. The zero-order chi connectivity index (χ0) is 9.26. The van der Waals surface area contributed by atoms with Crippen LogP contribution in [-0.2, 0) is 12.8 Å². The van der Waals surface area contributed by atoms with Gasteiger partial charge in [0.15, 0.2) is 0 Å². The van der Waals surface area contributed by atoms with E-state index in [1.54, 1.807) is 0 Å². The van der Waals surface area contributed by atoms with Crippen molar-refractivity contribution in [2.45, 2.75) is 19.3 Å². The van der Waals surface area contributed by atoms with Crippen LogP contribution < -0.4 is 0 Å². The van der Waals surface area contributed by atoms with Gasteiger partial charge in [-0.1, -0.05) is 0 Å². The second-order valence-electron chi connectivity index (χ2n) is 3.24. The first-order chi connectivity index (χ1) is 6.35. The SMILES string of the molecule is N#Cc1cc2c(cc1C#N)CCC2. The highest BCUT2D eigenvalue weighted by atomic mass is 14.3. The van der Waals surface area contributed by atoms with E-state index in [0.717, 1.165) is 19.3 Å². The molecule has 0 atom stereocenters. The third kappa shape index (κ3) is 1.17. The highest BCUT2D eigenvalue weighted by Gasteiger charge is 2.13. The third-order valence-corrected chi connectivity index (χ3v) is 2.47. The van der Waals surface area contributed by atoms with E-state index in [4.69, 9.17) is 10.5 Å². The van der Waals surface area contributed by atoms with Crippen molar-refractivity contribution >= 4 is 0 Å². The lowest BCUT2D eigenvalue weighted by Gasteiger charge is -2.00. The molecule has 0 amide bonds. The zero-order valence-corrected chi connectivity index (χ0v) is 7.17. The van der Waals surface area contributed by atoms with E-state index in [1.807, 2.05) is 12.1 Å². The molecule has 1 aromatic rings. The van der Waals surface area contributed by atoms with Gasteiger partial charge in [-0.3, -0.25) is 0 Å². The first kappa shape index (κ1) is 7.83. The minimum absolute atomic E-state index is 0.517. The molecule has 1 aliphatic carbocycles. The fourth-order valence-electron chi connectivity index (χ4n) is 1.81. The molecule has 0 radical (unpaired) electrons. The van der Waals surface area contributed by atoms with Gasteiger partial charge in [0.2, 0.25) is 0 Å². The Kier molecular flexibility index (Phi) is 1.76. The van der Waals surface area contributed by atoms with E-state index < -0.39 is 0 Å². The van der Waals surface area contributed by atoms with E-state index in [0.29, 0.717) is 11.1 Å². The quantitative estimate of drug-likeness (QED) is 0.594. The lowest BCUT2D eigenvalue weighted by Crippen LogP contribution is -1.89. The van der Waals surface area contributed by atoms with Crippen molar-refractivity contribution in [3.8, 4) is 12.1 Å². The number of hydrogen-bond acceptors (Lipinski definition) is 2. The van der Waals surface area contributed by atoms with Crippen LogP contribution in [0, 0.1) is 22.7 Å². The van der Waals surface area contributed by atoms with Crippen LogP contribution >= 0.6 is 0 Å². The highest BCUT2D eigenvalue weighted by molar-refractivity contribution is 5.51. The van der Waals surface area contributed by atoms with E-state index in [-0.39, 0.29) is 0 Å². The number of hydrogen-bond donors (Lipinski definition) is 0. The molecule has 13 heavy (non-hydrogen) atoms. The molecular formula is C11H8N2. The van der Waals surface area contributed by atoms with Crippen molar-refractivity contribution < 1.29 is 0 Å². The molecular weight excluding hydrogens is 160 g/mol. The Morgan fingerprint density at radius 2 is 1.38 bits per heavy atom. The summed E-state index contributed by atoms with van der Waals surface area (Å²) in [6.45, 7) is 0. The summed E-state index contributed by atoms with van der Waals surface area (Å²) in [4.78, 5) is 0. The van der Waals surface area contributed by atoms with E-state index in [2.05, 4.69) is 12.1 Å². The van der Waals surface area contributed by atoms with Crippen LogP contribution in [0.2, 0.25) is 0 Å². The second kappa shape index (κ2) is 2.92. The lowest BCUT2D eigenvalue weighted by molar-refractivity contribution is 0.911. The van der Waals surface area contributed by atoms with Crippen LogP contribution in [0.15, 0.2) is 12.1 Å². The van der Waals surface area contributed by atoms with Gasteiger partial charge in [-0.15, -0.1) is 0 Å². The normalized spacial score (nSPS) is 13.1. The summed E-state index contributed by atoms with van der Waals surface area (Å²) in [6, 6.07) is 7.83. The van der Waals surface area contributed by atoms with Crippen molar-refractivity contribution in [1.82, 2.24) is 0 Å². The number of benzene rings is 1. The molecule has 0 heterocycles. The zero-order valence-electron chi connectivity index (χ0n) is 7.17. The van der Waals surface area contributed by atoms with Gasteiger partial charge in [-0.25, -0.2) is 0 Å². The molecule has 0 N–H and O–H groups in total. The molecule has 1 aromatic carbocycles. The van der Waals surface area contributed by atoms with Crippen LogP contribution in [0.25, 0.3) is 0 Å². The molecule has 2 nitrogen and oxygen atoms in total. The van der Waals surface area contributed by atoms with Gasteiger partial charge in [0.25, 0.3) is 0 Å². The van der Waals surface area contributed by atoms with Gasteiger partial charge in [-0.05, 0) is 42.5 Å². The molecule has 0 saturated carbocycles. The van der Waals surface area contributed by atoms with Gasteiger partial charge in [0.1, 0.15) is 12.1 Å². The van der Waals surface area contributed by atoms with Gasteiger partial charge < -0.3 is 0 Å². The Morgan fingerprint density at radius 3 is 1.77 bits per heavy atom. The van der Waals surface area contributed by atoms with E-state index in [9.17, 15) is 0 Å². The van der Waals surface area contributed by atoms with E-state index >= 15 is 0 Å². The van der Waals surface area contributed by atoms with Gasteiger partial charge in [0.05, 0.1) is 11.1 Å². The molecule has 0 fully saturated rings. The molecule has 0 aliphatic heterocycles. The Hall–Kier alpha value is -1.80. The molecule has 0 bridgehead atoms. The highest BCUT2D eigenvalue weighted by Crippen LogP contribution is 2.24. The first-order valence-corrected chi connectivity index (χ1v) is 4.31. The molecule has 1 aliphatic rings. The molecule has 0 saturated heterocycles. The molecule has 2 rings (SSSR count). The Bertz CT molecular complexity index is 392. The summed E-state index contributed by atoms with van der Waals surface area (Å²) >= 11 is 0. The Balaban J connectivity index is 2.63. The predicted octanol–water partition coefficient (Wildman–Crippen LogP) is 1.92. The van der Waals surface area contributed by atoms with Crippen LogP contribution in [-0.4, -0.2) is 0 Å². The largest absolute Gasteiger partial charge is 0.192 e. The molecule has 0 unspecified atom stereocenters. The van der Waals surface area contributed by atoms with Gasteiger partial charge in [0, 0.05) is 0 Å². The van der Waals surface area contributed by atoms with Crippen molar-refractivity contribution in [1.29, 1.82) is 10.5 Å². The van der Waals surface area contributed by atoms with Crippen molar-refractivity contribution in [3.63, 3.8) is 0 Å². The predicted molar refractivity (Wildman–Crippen MR) is 47.9 cm³/mol. The van der Waals surface area contributed by atoms with Crippen LogP contribution in [0.1, 0.15) is 28.7 Å². The topological polar surface area (TPSA) is 47.6 Å². The van der Waals surface area contributed by atoms with Crippen molar-refractivity contribution in [2.24, 2.45) is 0 Å². The fourth-order valence-corrected chi connectivity index (χ4v) is 1.81. The summed E-state index contributed by atoms with van der Waals surface area (Å²) in [6.07, 6.45) is 3.25. The average Bonchev–Trinajstić information content (AvgIpc) is 2.62. The third-order valence-electron chi connectivity index (χ3n) is 2.47. The number of aryl methyl sites for hydroxylation is 2. The maximum atomic E-state index is 8.78. The average molecular weight is 168 g/mol. The standard InChI is InChI=1S/C11H8N2/c12-6-10-4-8-2-1-3-9(8)5-11(10)7-13/h4-5H,1-3H2.